The monoisotopic (exact) mass is 341 g/mol. The van der Waals surface area contributed by atoms with Gasteiger partial charge in [0.2, 0.25) is 11.8 Å². The largest absolute Gasteiger partial charge is 0.467 e. The molecule has 1 aliphatic heterocycles. The zero-order valence-electron chi connectivity index (χ0n) is 14.1. The minimum absolute atomic E-state index is 0.00126. The fourth-order valence-electron chi connectivity index (χ4n) is 3.17. The van der Waals surface area contributed by atoms with E-state index >= 15 is 0 Å². The summed E-state index contributed by atoms with van der Waals surface area (Å²) in [5, 5.41) is 0. The van der Waals surface area contributed by atoms with E-state index in [1.807, 2.05) is 47.4 Å². The number of rotatable bonds is 6. The Balaban J connectivity index is 1.71. The molecule has 3 rings (SSSR count). The number of benzene rings is 1. The molecule has 0 aliphatic carbocycles. The molecular weight excluding hydrogens is 318 g/mol. The molecule has 6 heteroatoms. The maximum Gasteiger partial charge on any atom is 0.242 e. The molecule has 0 bridgehead atoms. The van der Waals surface area contributed by atoms with E-state index in [2.05, 4.69) is 0 Å². The number of carbonyl (C=O) groups excluding carboxylic acids is 2. The van der Waals surface area contributed by atoms with Gasteiger partial charge in [0.25, 0.3) is 0 Å². The number of carbonyl (C=O) groups is 2. The van der Waals surface area contributed by atoms with E-state index in [4.69, 9.17) is 10.2 Å². The average molecular weight is 341 g/mol. The molecule has 0 radical (unpaired) electrons. The molecule has 0 spiro atoms. The number of hydrogen-bond acceptors (Lipinski definition) is 4. The quantitative estimate of drug-likeness (QED) is 0.872. The van der Waals surface area contributed by atoms with Crippen molar-refractivity contribution in [1.82, 2.24) is 4.90 Å². The van der Waals surface area contributed by atoms with Crippen molar-refractivity contribution in [1.29, 1.82) is 0 Å². The molecule has 1 atom stereocenters. The van der Waals surface area contributed by atoms with Gasteiger partial charge in [0.15, 0.2) is 0 Å². The van der Waals surface area contributed by atoms with Crippen LogP contribution in [0, 0.1) is 5.92 Å². The standard InChI is InChI=1S/C19H23N3O3/c20-19(24)15-6-4-10-21(12-15)18(23)14-22(13-17-9-5-11-25-17)16-7-2-1-3-8-16/h1-3,5,7-9,11,15H,4,6,10,12-14H2,(H2,20,24). The maximum absolute atomic E-state index is 12.8. The van der Waals surface area contributed by atoms with Gasteiger partial charge in [0, 0.05) is 18.8 Å². The lowest BCUT2D eigenvalue weighted by molar-refractivity contribution is -0.133. The Morgan fingerprint density at radius 1 is 1.20 bits per heavy atom. The number of furan rings is 1. The van der Waals surface area contributed by atoms with Crippen molar-refractivity contribution in [3.05, 3.63) is 54.5 Å². The van der Waals surface area contributed by atoms with Crippen LogP contribution in [0.1, 0.15) is 18.6 Å². The molecule has 25 heavy (non-hydrogen) atoms. The van der Waals surface area contributed by atoms with E-state index in [9.17, 15) is 9.59 Å². The number of anilines is 1. The van der Waals surface area contributed by atoms with Crippen LogP contribution in [-0.2, 0) is 16.1 Å². The van der Waals surface area contributed by atoms with Gasteiger partial charge in [0.05, 0.1) is 25.3 Å². The van der Waals surface area contributed by atoms with Gasteiger partial charge in [-0.3, -0.25) is 9.59 Å². The summed E-state index contributed by atoms with van der Waals surface area (Å²) in [5.41, 5.74) is 6.37. The van der Waals surface area contributed by atoms with Crippen LogP contribution in [0.2, 0.25) is 0 Å². The third kappa shape index (κ3) is 4.41. The Labute approximate surface area is 147 Å². The van der Waals surface area contributed by atoms with Crippen molar-refractivity contribution in [2.24, 2.45) is 11.7 Å². The number of piperidine rings is 1. The van der Waals surface area contributed by atoms with Gasteiger partial charge in [-0.15, -0.1) is 0 Å². The number of hydrogen-bond donors (Lipinski definition) is 1. The topological polar surface area (TPSA) is 79.8 Å². The summed E-state index contributed by atoms with van der Waals surface area (Å²) in [5.74, 6) is 0.229. The predicted octanol–water partition coefficient (Wildman–Crippen LogP) is 2.01. The number of nitrogens with two attached hydrogens (primary N) is 1. The van der Waals surface area contributed by atoms with Gasteiger partial charge < -0.3 is 20.0 Å². The highest BCUT2D eigenvalue weighted by atomic mass is 16.3. The second-order valence-electron chi connectivity index (χ2n) is 6.35. The third-order valence-electron chi connectivity index (χ3n) is 4.55. The van der Waals surface area contributed by atoms with Crippen LogP contribution in [0.5, 0.6) is 0 Å². The first-order chi connectivity index (χ1) is 12.1. The summed E-state index contributed by atoms with van der Waals surface area (Å²) < 4.78 is 5.43. The molecule has 0 saturated carbocycles. The summed E-state index contributed by atoms with van der Waals surface area (Å²) in [4.78, 5) is 27.9. The molecule has 2 heterocycles. The lowest BCUT2D eigenvalue weighted by atomic mass is 9.97. The Morgan fingerprint density at radius 2 is 2.00 bits per heavy atom. The van der Waals surface area contributed by atoms with Gasteiger partial charge in [-0.1, -0.05) is 18.2 Å². The summed E-state index contributed by atoms with van der Waals surface area (Å²) in [6.07, 6.45) is 3.19. The Kier molecular flexibility index (Phi) is 5.38. The first-order valence-corrected chi connectivity index (χ1v) is 8.53. The number of nitrogens with zero attached hydrogens (tertiary/aromatic N) is 2. The summed E-state index contributed by atoms with van der Waals surface area (Å²) >= 11 is 0. The molecule has 1 aromatic heterocycles. The fraction of sp³-hybridized carbons (Fsp3) is 0.368. The molecule has 1 aromatic carbocycles. The zero-order valence-corrected chi connectivity index (χ0v) is 14.1. The summed E-state index contributed by atoms with van der Waals surface area (Å²) in [7, 11) is 0. The second-order valence-corrected chi connectivity index (χ2v) is 6.35. The van der Waals surface area contributed by atoms with Gasteiger partial charge >= 0.3 is 0 Å². The molecule has 2 aromatic rings. The van der Waals surface area contributed by atoms with Gasteiger partial charge in [0.1, 0.15) is 5.76 Å². The Bertz CT molecular complexity index is 700. The van der Waals surface area contributed by atoms with Crippen LogP contribution < -0.4 is 10.6 Å². The predicted molar refractivity (Wildman–Crippen MR) is 94.7 cm³/mol. The van der Waals surface area contributed by atoms with Gasteiger partial charge in [-0.2, -0.15) is 0 Å². The van der Waals surface area contributed by atoms with Crippen LogP contribution in [0.3, 0.4) is 0 Å². The second kappa shape index (κ2) is 7.88. The van der Waals surface area contributed by atoms with E-state index in [-0.39, 0.29) is 24.3 Å². The van der Waals surface area contributed by atoms with Crippen molar-refractivity contribution in [3.63, 3.8) is 0 Å². The molecule has 2 amide bonds. The number of primary amides is 1. The van der Waals surface area contributed by atoms with Gasteiger partial charge in [-0.05, 0) is 37.1 Å². The van der Waals surface area contributed by atoms with Crippen LogP contribution in [0.4, 0.5) is 5.69 Å². The van der Waals surface area contributed by atoms with Crippen molar-refractivity contribution < 1.29 is 14.0 Å². The highest BCUT2D eigenvalue weighted by molar-refractivity contribution is 5.83. The van der Waals surface area contributed by atoms with Crippen LogP contribution in [0.15, 0.2) is 53.1 Å². The average Bonchev–Trinajstić information content (AvgIpc) is 3.15. The van der Waals surface area contributed by atoms with E-state index in [0.29, 0.717) is 19.6 Å². The molecule has 1 aliphatic rings. The minimum Gasteiger partial charge on any atom is -0.467 e. The highest BCUT2D eigenvalue weighted by Gasteiger charge is 2.28. The molecule has 1 saturated heterocycles. The van der Waals surface area contributed by atoms with E-state index < -0.39 is 0 Å². The van der Waals surface area contributed by atoms with Crippen LogP contribution in [-0.4, -0.2) is 36.3 Å². The maximum atomic E-state index is 12.8. The SMILES string of the molecule is NC(=O)C1CCCN(C(=O)CN(Cc2ccco2)c2ccccc2)C1. The highest BCUT2D eigenvalue weighted by Crippen LogP contribution is 2.20. The third-order valence-corrected chi connectivity index (χ3v) is 4.55. The lowest BCUT2D eigenvalue weighted by Gasteiger charge is -2.33. The Morgan fingerprint density at radius 3 is 2.68 bits per heavy atom. The van der Waals surface area contributed by atoms with E-state index in [1.54, 1.807) is 11.2 Å². The molecule has 6 nitrogen and oxygen atoms in total. The van der Waals surface area contributed by atoms with Crippen molar-refractivity contribution in [2.75, 3.05) is 24.5 Å². The summed E-state index contributed by atoms with van der Waals surface area (Å²) in [6, 6.07) is 13.5. The van der Waals surface area contributed by atoms with Crippen molar-refractivity contribution >= 4 is 17.5 Å². The number of para-hydroxylation sites is 1. The first kappa shape index (κ1) is 17.1. The smallest absolute Gasteiger partial charge is 0.242 e. The van der Waals surface area contributed by atoms with Crippen LogP contribution >= 0.6 is 0 Å². The molecule has 1 fully saturated rings. The zero-order chi connectivity index (χ0) is 17.6. The molecule has 1 unspecified atom stereocenters. The van der Waals surface area contributed by atoms with E-state index in [0.717, 1.165) is 24.3 Å². The molecule has 132 valence electrons. The van der Waals surface area contributed by atoms with Gasteiger partial charge in [-0.25, -0.2) is 0 Å². The lowest BCUT2D eigenvalue weighted by Crippen LogP contribution is -2.47. The van der Waals surface area contributed by atoms with Crippen molar-refractivity contribution in [2.45, 2.75) is 19.4 Å². The number of likely N-dealkylation sites (tertiary alicyclic amines) is 1. The fourth-order valence-corrected chi connectivity index (χ4v) is 3.17. The molecule has 2 N–H and O–H groups in total. The van der Waals surface area contributed by atoms with E-state index in [1.165, 1.54) is 0 Å². The first-order valence-electron chi connectivity index (χ1n) is 8.53. The Hall–Kier alpha value is -2.76. The van der Waals surface area contributed by atoms with Crippen LogP contribution in [0.25, 0.3) is 0 Å². The number of amides is 2. The minimum atomic E-state index is -0.326. The van der Waals surface area contributed by atoms with Crippen molar-refractivity contribution in [3.8, 4) is 0 Å². The summed E-state index contributed by atoms with van der Waals surface area (Å²) in [6.45, 7) is 1.83. The normalized spacial score (nSPS) is 17.3. The molecular formula is C19H23N3O3.